The fourth-order valence-corrected chi connectivity index (χ4v) is 1.43. The van der Waals surface area contributed by atoms with Gasteiger partial charge in [-0.15, -0.1) is 24.0 Å². The lowest BCUT2D eigenvalue weighted by Gasteiger charge is -2.05. The summed E-state index contributed by atoms with van der Waals surface area (Å²) in [4.78, 5) is 15.5. The molecule has 0 heterocycles. The van der Waals surface area contributed by atoms with E-state index in [0.29, 0.717) is 31.2 Å². The van der Waals surface area contributed by atoms with E-state index in [0.717, 1.165) is 5.56 Å². The van der Waals surface area contributed by atoms with Gasteiger partial charge >= 0.3 is 5.97 Å². The molecule has 1 aromatic rings. The second kappa shape index (κ2) is 10.4. The summed E-state index contributed by atoms with van der Waals surface area (Å²) in [7, 11) is 2.97. The second-order valence-corrected chi connectivity index (χ2v) is 3.81. The Bertz CT molecular complexity index is 452. The maximum Gasteiger partial charge on any atom is 0.337 e. The van der Waals surface area contributed by atoms with Gasteiger partial charge in [-0.25, -0.2) is 9.79 Å². The molecule has 0 atom stereocenters. The summed E-state index contributed by atoms with van der Waals surface area (Å²) in [5.74, 6) is -0.0162. The van der Waals surface area contributed by atoms with Crippen LogP contribution in [0.1, 0.15) is 15.9 Å². The van der Waals surface area contributed by atoms with Gasteiger partial charge in [-0.1, -0.05) is 12.1 Å². The van der Waals surface area contributed by atoms with Crippen molar-refractivity contribution in [3.05, 3.63) is 35.4 Å². The Morgan fingerprint density at radius 2 is 2.15 bits per heavy atom. The summed E-state index contributed by atoms with van der Waals surface area (Å²) in [5, 5.41) is 2.91. The Balaban J connectivity index is 0.00000361. The van der Waals surface area contributed by atoms with E-state index in [4.69, 9.17) is 10.5 Å². The number of esters is 1. The summed E-state index contributed by atoms with van der Waals surface area (Å²) in [6.45, 7) is 1.57. The van der Waals surface area contributed by atoms with Crippen LogP contribution in [0, 0.1) is 0 Å². The molecule has 0 bridgehead atoms. The number of carbonyl (C=O) groups excluding carboxylic acids is 1. The van der Waals surface area contributed by atoms with E-state index < -0.39 is 0 Å². The lowest BCUT2D eigenvalue weighted by atomic mass is 10.1. The largest absolute Gasteiger partial charge is 0.465 e. The molecule has 1 rings (SSSR count). The monoisotopic (exact) mass is 393 g/mol. The minimum Gasteiger partial charge on any atom is -0.465 e. The number of benzene rings is 1. The number of nitrogens with two attached hydrogens (primary N) is 1. The molecule has 0 unspecified atom stereocenters. The Morgan fingerprint density at radius 1 is 1.40 bits per heavy atom. The third-order valence-electron chi connectivity index (χ3n) is 2.39. The van der Waals surface area contributed by atoms with E-state index >= 15 is 0 Å². The number of guanidine groups is 1. The molecule has 0 aromatic heterocycles. The van der Waals surface area contributed by atoms with Crippen LogP contribution in [-0.4, -0.2) is 39.3 Å². The zero-order valence-electron chi connectivity index (χ0n) is 11.6. The molecule has 1 aromatic carbocycles. The van der Waals surface area contributed by atoms with E-state index in [1.54, 1.807) is 25.3 Å². The Hall–Kier alpha value is -1.35. The molecule has 0 aliphatic heterocycles. The van der Waals surface area contributed by atoms with Crippen molar-refractivity contribution < 1.29 is 14.3 Å². The van der Waals surface area contributed by atoms with E-state index in [-0.39, 0.29) is 29.9 Å². The zero-order chi connectivity index (χ0) is 14.1. The maximum absolute atomic E-state index is 11.4. The number of halogens is 1. The van der Waals surface area contributed by atoms with Crippen LogP contribution in [0.2, 0.25) is 0 Å². The van der Waals surface area contributed by atoms with Crippen molar-refractivity contribution in [1.29, 1.82) is 0 Å². The number of ether oxygens (including phenoxy) is 2. The van der Waals surface area contributed by atoms with Crippen LogP contribution in [0.4, 0.5) is 0 Å². The van der Waals surface area contributed by atoms with Crippen molar-refractivity contribution in [2.75, 3.05) is 27.4 Å². The highest BCUT2D eigenvalue weighted by atomic mass is 127. The average molecular weight is 393 g/mol. The van der Waals surface area contributed by atoms with Crippen LogP contribution in [-0.2, 0) is 16.0 Å². The van der Waals surface area contributed by atoms with Crippen LogP contribution in [0.15, 0.2) is 29.3 Å². The highest BCUT2D eigenvalue weighted by Gasteiger charge is 2.05. The van der Waals surface area contributed by atoms with Crippen molar-refractivity contribution in [1.82, 2.24) is 5.32 Å². The van der Waals surface area contributed by atoms with Crippen LogP contribution >= 0.6 is 24.0 Å². The molecule has 0 amide bonds. The first-order chi connectivity index (χ1) is 9.17. The topological polar surface area (TPSA) is 85.9 Å². The number of nitrogens with zero attached hydrogens (tertiary/aromatic N) is 1. The molecule has 0 aliphatic rings. The molecule has 7 heteroatoms. The first-order valence-electron chi connectivity index (χ1n) is 5.87. The third kappa shape index (κ3) is 6.71. The minimum atomic E-state index is -0.364. The third-order valence-corrected chi connectivity index (χ3v) is 2.39. The van der Waals surface area contributed by atoms with Gasteiger partial charge in [-0.3, -0.25) is 0 Å². The standard InChI is InChI=1S/C13H19N3O3.HI/c1-18-7-6-15-13(14)16-9-10-4-3-5-11(8-10)12(17)19-2;/h3-5,8H,6-7,9H2,1-2H3,(H3,14,15,16);1H. The minimum absolute atomic E-state index is 0. The van der Waals surface area contributed by atoms with E-state index in [1.807, 2.05) is 6.07 Å². The van der Waals surface area contributed by atoms with Gasteiger partial charge in [0.2, 0.25) is 0 Å². The van der Waals surface area contributed by atoms with Crippen LogP contribution in [0.25, 0.3) is 0 Å². The van der Waals surface area contributed by atoms with E-state index in [2.05, 4.69) is 15.0 Å². The Kier molecular flexibility index (Phi) is 9.73. The highest BCUT2D eigenvalue weighted by molar-refractivity contribution is 14.0. The van der Waals surface area contributed by atoms with Crippen molar-refractivity contribution >= 4 is 35.9 Å². The van der Waals surface area contributed by atoms with Crippen molar-refractivity contribution in [2.45, 2.75) is 6.54 Å². The quantitative estimate of drug-likeness (QED) is 0.249. The number of carbonyl (C=O) groups is 1. The lowest BCUT2D eigenvalue weighted by Crippen LogP contribution is -2.34. The summed E-state index contributed by atoms with van der Waals surface area (Å²) in [5.41, 5.74) is 7.07. The van der Waals surface area contributed by atoms with Gasteiger partial charge in [-0.2, -0.15) is 0 Å². The zero-order valence-corrected chi connectivity index (χ0v) is 13.9. The predicted molar refractivity (Wildman–Crippen MR) is 88.4 cm³/mol. The predicted octanol–water partition coefficient (Wildman–Crippen LogP) is 1.14. The maximum atomic E-state index is 11.4. The van der Waals surface area contributed by atoms with Gasteiger partial charge < -0.3 is 20.5 Å². The molecular weight excluding hydrogens is 373 g/mol. The molecule has 6 nitrogen and oxygen atoms in total. The van der Waals surface area contributed by atoms with E-state index in [1.165, 1.54) is 7.11 Å². The van der Waals surface area contributed by atoms with Gasteiger partial charge in [0.25, 0.3) is 0 Å². The van der Waals surface area contributed by atoms with Crippen LogP contribution in [0.3, 0.4) is 0 Å². The van der Waals surface area contributed by atoms with Gasteiger partial charge in [0.05, 0.1) is 25.8 Å². The molecule has 0 saturated carbocycles. The Labute approximate surface area is 135 Å². The van der Waals surface area contributed by atoms with Gasteiger partial charge in [0, 0.05) is 13.7 Å². The second-order valence-electron chi connectivity index (χ2n) is 3.81. The molecule has 0 saturated heterocycles. The number of methoxy groups -OCH3 is 2. The highest BCUT2D eigenvalue weighted by Crippen LogP contribution is 2.07. The Morgan fingerprint density at radius 3 is 2.80 bits per heavy atom. The number of hydrogen-bond donors (Lipinski definition) is 2. The molecule has 112 valence electrons. The SMILES string of the molecule is COCCNC(N)=NCc1cccc(C(=O)OC)c1.I. The van der Waals surface area contributed by atoms with Crippen LogP contribution in [0.5, 0.6) is 0 Å². The first kappa shape index (κ1) is 18.7. The normalized spacial score (nSPS) is 10.6. The average Bonchev–Trinajstić information content (AvgIpc) is 2.45. The number of nitrogens with one attached hydrogen (secondary N) is 1. The van der Waals surface area contributed by atoms with Gasteiger partial charge in [0.1, 0.15) is 0 Å². The number of rotatable bonds is 6. The molecular formula is C13H20IN3O3. The molecule has 0 radical (unpaired) electrons. The lowest BCUT2D eigenvalue weighted by molar-refractivity contribution is 0.0600. The fraction of sp³-hybridized carbons (Fsp3) is 0.385. The summed E-state index contributed by atoms with van der Waals surface area (Å²) < 4.78 is 9.54. The van der Waals surface area contributed by atoms with Crippen LogP contribution < -0.4 is 11.1 Å². The number of hydrogen-bond acceptors (Lipinski definition) is 4. The van der Waals surface area contributed by atoms with E-state index in [9.17, 15) is 4.79 Å². The molecule has 0 fully saturated rings. The number of aliphatic imine (C=N–C) groups is 1. The van der Waals surface area contributed by atoms with Crippen molar-refractivity contribution in [3.63, 3.8) is 0 Å². The van der Waals surface area contributed by atoms with Crippen molar-refractivity contribution in [3.8, 4) is 0 Å². The smallest absolute Gasteiger partial charge is 0.337 e. The first-order valence-corrected chi connectivity index (χ1v) is 5.87. The fourth-order valence-electron chi connectivity index (χ4n) is 1.43. The molecule has 0 spiro atoms. The van der Waals surface area contributed by atoms with Gasteiger partial charge in [-0.05, 0) is 17.7 Å². The van der Waals surface area contributed by atoms with Gasteiger partial charge in [0.15, 0.2) is 5.96 Å². The van der Waals surface area contributed by atoms with Crippen molar-refractivity contribution in [2.24, 2.45) is 10.7 Å². The molecule has 20 heavy (non-hydrogen) atoms. The summed E-state index contributed by atoms with van der Waals surface area (Å²) in [6.07, 6.45) is 0. The summed E-state index contributed by atoms with van der Waals surface area (Å²) in [6, 6.07) is 7.08. The molecule has 0 aliphatic carbocycles. The molecule has 3 N–H and O–H groups in total. The summed E-state index contributed by atoms with van der Waals surface area (Å²) >= 11 is 0.